The zero-order chi connectivity index (χ0) is 13.2. The summed E-state index contributed by atoms with van der Waals surface area (Å²) in [6, 6.07) is 2.94. The molecule has 0 saturated carbocycles. The third-order valence-corrected chi connectivity index (χ3v) is 6.29. The first-order chi connectivity index (χ1) is 9.22. The number of rotatable bonds is 3. The Labute approximate surface area is 128 Å². The second-order valence-electron chi connectivity index (χ2n) is 6.03. The summed E-state index contributed by atoms with van der Waals surface area (Å²) < 4.78 is 1.30. The van der Waals surface area contributed by atoms with Gasteiger partial charge in [-0.05, 0) is 92.3 Å². The predicted molar refractivity (Wildman–Crippen MR) is 85.9 cm³/mol. The summed E-state index contributed by atoms with van der Waals surface area (Å²) in [7, 11) is 2.24. The standard InChI is InChI=1S/C15H23BrN2S/c1-18-7-5-11(6-8-18)10-17-13-3-2-4-14-12(13)9-15(16)19-14/h9,11,13,17H,2-8,10H2,1H3. The molecular formula is C15H23BrN2S. The zero-order valence-electron chi connectivity index (χ0n) is 11.6. The largest absolute Gasteiger partial charge is 0.310 e. The number of thiophene rings is 1. The van der Waals surface area contributed by atoms with Gasteiger partial charge in [-0.15, -0.1) is 11.3 Å². The maximum absolute atomic E-state index is 3.84. The molecule has 19 heavy (non-hydrogen) atoms. The first-order valence-electron chi connectivity index (χ1n) is 7.42. The fourth-order valence-electron chi connectivity index (χ4n) is 3.31. The molecule has 2 heterocycles. The number of piperidine rings is 1. The van der Waals surface area contributed by atoms with Crippen molar-refractivity contribution in [1.82, 2.24) is 10.2 Å². The van der Waals surface area contributed by atoms with E-state index in [9.17, 15) is 0 Å². The van der Waals surface area contributed by atoms with E-state index >= 15 is 0 Å². The molecule has 0 amide bonds. The number of nitrogens with one attached hydrogen (secondary N) is 1. The number of halogens is 1. The van der Waals surface area contributed by atoms with Crippen LogP contribution in [-0.4, -0.2) is 31.6 Å². The van der Waals surface area contributed by atoms with Gasteiger partial charge in [-0.25, -0.2) is 0 Å². The smallest absolute Gasteiger partial charge is 0.0704 e. The Hall–Kier alpha value is 0.100. The van der Waals surface area contributed by atoms with Crippen molar-refractivity contribution in [2.45, 2.75) is 38.1 Å². The summed E-state index contributed by atoms with van der Waals surface area (Å²) in [4.78, 5) is 4.05. The number of hydrogen-bond donors (Lipinski definition) is 1. The second kappa shape index (κ2) is 6.25. The third-order valence-electron chi connectivity index (χ3n) is 4.57. The van der Waals surface area contributed by atoms with Gasteiger partial charge in [0.1, 0.15) is 0 Å². The molecule has 1 N–H and O–H groups in total. The van der Waals surface area contributed by atoms with Gasteiger partial charge in [0.15, 0.2) is 0 Å². The minimum absolute atomic E-state index is 0.603. The van der Waals surface area contributed by atoms with Gasteiger partial charge < -0.3 is 10.2 Å². The zero-order valence-corrected chi connectivity index (χ0v) is 14.0. The quantitative estimate of drug-likeness (QED) is 0.898. The monoisotopic (exact) mass is 342 g/mol. The Morgan fingerprint density at radius 3 is 2.95 bits per heavy atom. The minimum Gasteiger partial charge on any atom is -0.310 e. The first kappa shape index (κ1) is 14.1. The lowest BCUT2D eigenvalue weighted by Crippen LogP contribution is -2.36. The van der Waals surface area contributed by atoms with E-state index in [0.29, 0.717) is 6.04 Å². The number of nitrogens with zero attached hydrogens (tertiary/aromatic N) is 1. The van der Waals surface area contributed by atoms with Crippen LogP contribution in [0.15, 0.2) is 9.85 Å². The van der Waals surface area contributed by atoms with E-state index in [1.165, 1.54) is 55.5 Å². The molecule has 2 nitrogen and oxygen atoms in total. The number of fused-ring (bicyclic) bond motifs is 1. The highest BCUT2D eigenvalue weighted by molar-refractivity contribution is 9.11. The van der Waals surface area contributed by atoms with Crippen LogP contribution in [0.3, 0.4) is 0 Å². The summed E-state index contributed by atoms with van der Waals surface area (Å²) in [5, 5.41) is 3.84. The molecule has 0 spiro atoms. The van der Waals surface area contributed by atoms with Crippen LogP contribution < -0.4 is 5.32 Å². The molecule has 0 radical (unpaired) electrons. The normalized spacial score (nSPS) is 25.5. The number of hydrogen-bond acceptors (Lipinski definition) is 3. The first-order valence-corrected chi connectivity index (χ1v) is 9.03. The van der Waals surface area contributed by atoms with Gasteiger partial charge in [0, 0.05) is 10.9 Å². The topological polar surface area (TPSA) is 15.3 Å². The lowest BCUT2D eigenvalue weighted by molar-refractivity contribution is 0.211. The number of likely N-dealkylation sites (tertiary alicyclic amines) is 1. The lowest BCUT2D eigenvalue weighted by atomic mass is 9.92. The molecule has 1 aromatic rings. The van der Waals surface area contributed by atoms with Crippen LogP contribution in [-0.2, 0) is 6.42 Å². The molecule has 1 saturated heterocycles. The molecule has 1 aliphatic heterocycles. The van der Waals surface area contributed by atoms with Crippen molar-refractivity contribution in [1.29, 1.82) is 0 Å². The van der Waals surface area contributed by atoms with Crippen LogP contribution in [0.25, 0.3) is 0 Å². The van der Waals surface area contributed by atoms with Crippen molar-refractivity contribution in [2.24, 2.45) is 5.92 Å². The molecule has 1 aromatic heterocycles. The van der Waals surface area contributed by atoms with Crippen LogP contribution in [0.1, 0.15) is 42.2 Å². The van der Waals surface area contributed by atoms with Gasteiger partial charge in [0.2, 0.25) is 0 Å². The van der Waals surface area contributed by atoms with Crippen LogP contribution in [0.4, 0.5) is 0 Å². The fraction of sp³-hybridized carbons (Fsp3) is 0.733. The fourth-order valence-corrected chi connectivity index (χ4v) is 5.13. The highest BCUT2D eigenvalue weighted by atomic mass is 79.9. The molecular weight excluding hydrogens is 320 g/mol. The molecule has 1 fully saturated rings. The summed E-state index contributed by atoms with van der Waals surface area (Å²) in [6.07, 6.45) is 6.64. The molecule has 0 aromatic carbocycles. The molecule has 0 bridgehead atoms. The molecule has 1 unspecified atom stereocenters. The van der Waals surface area contributed by atoms with Gasteiger partial charge in [-0.2, -0.15) is 0 Å². The number of aryl methyl sites for hydroxylation is 1. The molecule has 4 heteroatoms. The Kier molecular flexibility index (Phi) is 4.62. The average Bonchev–Trinajstić information content (AvgIpc) is 2.79. The van der Waals surface area contributed by atoms with E-state index in [1.54, 1.807) is 10.4 Å². The van der Waals surface area contributed by atoms with Gasteiger partial charge in [0.05, 0.1) is 3.79 Å². The minimum atomic E-state index is 0.603. The van der Waals surface area contributed by atoms with Crippen LogP contribution >= 0.6 is 27.3 Å². The van der Waals surface area contributed by atoms with Crippen molar-refractivity contribution in [3.8, 4) is 0 Å². The van der Waals surface area contributed by atoms with E-state index in [0.717, 1.165) is 5.92 Å². The Morgan fingerprint density at radius 1 is 1.37 bits per heavy atom. The SMILES string of the molecule is CN1CCC(CNC2CCCc3sc(Br)cc32)CC1. The van der Waals surface area contributed by atoms with Crippen LogP contribution in [0.2, 0.25) is 0 Å². The summed E-state index contributed by atoms with van der Waals surface area (Å²) in [6.45, 7) is 3.74. The molecule has 106 valence electrons. The van der Waals surface area contributed by atoms with Crippen molar-refractivity contribution < 1.29 is 0 Å². The Balaban J connectivity index is 1.56. The third kappa shape index (κ3) is 3.41. The Morgan fingerprint density at radius 2 is 2.16 bits per heavy atom. The molecule has 3 rings (SSSR count). The predicted octanol–water partition coefficient (Wildman–Crippen LogP) is 3.82. The van der Waals surface area contributed by atoms with Gasteiger partial charge >= 0.3 is 0 Å². The maximum Gasteiger partial charge on any atom is 0.0704 e. The Bertz CT molecular complexity index is 424. The van der Waals surface area contributed by atoms with Crippen LogP contribution in [0.5, 0.6) is 0 Å². The maximum atomic E-state index is 3.84. The lowest BCUT2D eigenvalue weighted by Gasteiger charge is -2.31. The van der Waals surface area contributed by atoms with Crippen molar-refractivity contribution in [2.75, 3.05) is 26.7 Å². The van der Waals surface area contributed by atoms with Gasteiger partial charge in [-0.1, -0.05) is 0 Å². The van der Waals surface area contributed by atoms with Crippen molar-refractivity contribution in [3.05, 3.63) is 20.3 Å². The van der Waals surface area contributed by atoms with Gasteiger partial charge in [0.25, 0.3) is 0 Å². The van der Waals surface area contributed by atoms with E-state index in [2.05, 4.69) is 39.3 Å². The highest BCUT2D eigenvalue weighted by Crippen LogP contribution is 2.38. The summed E-state index contributed by atoms with van der Waals surface area (Å²) in [5.41, 5.74) is 1.57. The summed E-state index contributed by atoms with van der Waals surface area (Å²) >= 11 is 5.57. The highest BCUT2D eigenvalue weighted by Gasteiger charge is 2.24. The molecule has 1 atom stereocenters. The molecule has 2 aliphatic rings. The second-order valence-corrected chi connectivity index (χ2v) is 8.54. The van der Waals surface area contributed by atoms with Crippen molar-refractivity contribution in [3.63, 3.8) is 0 Å². The van der Waals surface area contributed by atoms with E-state index in [4.69, 9.17) is 0 Å². The molecule has 1 aliphatic carbocycles. The van der Waals surface area contributed by atoms with Crippen molar-refractivity contribution >= 4 is 27.3 Å². The van der Waals surface area contributed by atoms with Gasteiger partial charge in [-0.3, -0.25) is 0 Å². The summed E-state index contributed by atoms with van der Waals surface area (Å²) in [5.74, 6) is 0.878. The van der Waals surface area contributed by atoms with Crippen LogP contribution in [0, 0.1) is 5.92 Å². The van der Waals surface area contributed by atoms with E-state index < -0.39 is 0 Å². The average molecular weight is 343 g/mol. The van der Waals surface area contributed by atoms with E-state index in [-0.39, 0.29) is 0 Å². The van der Waals surface area contributed by atoms with E-state index in [1.807, 2.05) is 11.3 Å².